The van der Waals surface area contributed by atoms with Crippen LogP contribution in [0.25, 0.3) is 0 Å². The van der Waals surface area contributed by atoms with E-state index in [1.54, 1.807) is 0 Å². The smallest absolute Gasteiger partial charge is 0.122 e. The molecule has 1 fully saturated rings. The van der Waals surface area contributed by atoms with Crippen LogP contribution in [0.3, 0.4) is 0 Å². The average Bonchev–Trinajstić information content (AvgIpc) is 2.19. The van der Waals surface area contributed by atoms with Crippen molar-refractivity contribution >= 4 is 0 Å². The molecule has 2 heteroatoms. The van der Waals surface area contributed by atoms with Gasteiger partial charge in [0.1, 0.15) is 6.10 Å². The first-order chi connectivity index (χ1) is 6.35. The van der Waals surface area contributed by atoms with Crippen molar-refractivity contribution in [2.45, 2.75) is 31.0 Å². The summed E-state index contributed by atoms with van der Waals surface area (Å²) in [6.45, 7) is 2.06. The van der Waals surface area contributed by atoms with Gasteiger partial charge in [-0.25, -0.2) is 0 Å². The van der Waals surface area contributed by atoms with Crippen LogP contribution in [0.5, 0.6) is 0 Å². The first-order valence-electron chi connectivity index (χ1n) is 4.87. The second-order valence-corrected chi connectivity index (χ2v) is 3.73. The van der Waals surface area contributed by atoms with Gasteiger partial charge in [0.2, 0.25) is 0 Å². The third kappa shape index (κ3) is 1.77. The van der Waals surface area contributed by atoms with Crippen molar-refractivity contribution in [3.8, 4) is 12.3 Å². The maximum atomic E-state index is 5.90. The summed E-state index contributed by atoms with van der Waals surface area (Å²) >= 11 is 0. The Bertz CT molecular complexity index is 245. The molecule has 0 bridgehead atoms. The SMILES string of the molecule is C#CC1CC=CC2(CCNCC2)O1. The summed E-state index contributed by atoms with van der Waals surface area (Å²) in [5, 5.41) is 3.32. The zero-order chi connectivity index (χ0) is 9.15. The highest BCUT2D eigenvalue weighted by Crippen LogP contribution is 2.30. The fraction of sp³-hybridized carbons (Fsp3) is 0.636. The molecule has 0 amide bonds. The number of hydrogen-bond acceptors (Lipinski definition) is 2. The number of ether oxygens (including phenoxy) is 1. The first-order valence-corrected chi connectivity index (χ1v) is 4.87. The van der Waals surface area contributed by atoms with E-state index in [4.69, 9.17) is 11.2 Å². The van der Waals surface area contributed by atoms with Gasteiger partial charge in [0.05, 0.1) is 5.60 Å². The molecule has 13 heavy (non-hydrogen) atoms. The minimum Gasteiger partial charge on any atom is -0.355 e. The Hall–Kier alpha value is -0.780. The fourth-order valence-electron chi connectivity index (χ4n) is 2.01. The summed E-state index contributed by atoms with van der Waals surface area (Å²) in [7, 11) is 0. The predicted molar refractivity (Wildman–Crippen MR) is 52.3 cm³/mol. The van der Waals surface area contributed by atoms with Crippen molar-refractivity contribution < 1.29 is 4.74 Å². The van der Waals surface area contributed by atoms with Gasteiger partial charge in [0.25, 0.3) is 0 Å². The molecule has 1 unspecified atom stereocenters. The number of terminal acetylenes is 1. The lowest BCUT2D eigenvalue weighted by atomic mass is 9.89. The molecule has 2 aliphatic heterocycles. The highest BCUT2D eigenvalue weighted by atomic mass is 16.5. The Balaban J connectivity index is 2.09. The Morgan fingerprint density at radius 3 is 2.92 bits per heavy atom. The van der Waals surface area contributed by atoms with E-state index in [1.807, 2.05) is 0 Å². The second-order valence-electron chi connectivity index (χ2n) is 3.73. The van der Waals surface area contributed by atoms with Crippen LogP contribution in [0, 0.1) is 12.3 Å². The van der Waals surface area contributed by atoms with Crippen LogP contribution in [0.4, 0.5) is 0 Å². The molecule has 1 N–H and O–H groups in total. The van der Waals surface area contributed by atoms with E-state index in [0.29, 0.717) is 0 Å². The van der Waals surface area contributed by atoms with Gasteiger partial charge in [-0.2, -0.15) is 0 Å². The highest BCUT2D eigenvalue weighted by Gasteiger charge is 2.34. The van der Waals surface area contributed by atoms with E-state index in [9.17, 15) is 0 Å². The van der Waals surface area contributed by atoms with Crippen LogP contribution < -0.4 is 5.32 Å². The second kappa shape index (κ2) is 3.53. The van der Waals surface area contributed by atoms with E-state index in [0.717, 1.165) is 32.4 Å². The normalized spacial score (nSPS) is 31.5. The summed E-state index contributed by atoms with van der Waals surface area (Å²) in [4.78, 5) is 0. The van der Waals surface area contributed by atoms with Gasteiger partial charge in [-0.15, -0.1) is 6.42 Å². The van der Waals surface area contributed by atoms with E-state index in [1.165, 1.54) is 0 Å². The topological polar surface area (TPSA) is 21.3 Å². The van der Waals surface area contributed by atoms with Crippen molar-refractivity contribution in [2.24, 2.45) is 0 Å². The highest BCUT2D eigenvalue weighted by molar-refractivity contribution is 5.13. The number of rotatable bonds is 0. The van der Waals surface area contributed by atoms with Gasteiger partial charge in [0.15, 0.2) is 0 Å². The van der Waals surface area contributed by atoms with E-state index in [-0.39, 0.29) is 11.7 Å². The fourth-order valence-corrected chi connectivity index (χ4v) is 2.01. The Kier molecular flexibility index (Phi) is 2.39. The van der Waals surface area contributed by atoms with E-state index < -0.39 is 0 Å². The molecule has 2 nitrogen and oxygen atoms in total. The summed E-state index contributed by atoms with van der Waals surface area (Å²) in [6, 6.07) is 0. The van der Waals surface area contributed by atoms with Gasteiger partial charge in [-0.05, 0) is 25.9 Å². The number of piperidine rings is 1. The molecular weight excluding hydrogens is 162 g/mol. The van der Waals surface area contributed by atoms with Crippen LogP contribution in [0.15, 0.2) is 12.2 Å². The zero-order valence-corrected chi connectivity index (χ0v) is 7.75. The lowest BCUT2D eigenvalue weighted by Crippen LogP contribution is -2.45. The molecule has 1 atom stereocenters. The Morgan fingerprint density at radius 2 is 2.23 bits per heavy atom. The predicted octanol–water partition coefficient (Wildman–Crippen LogP) is 1.09. The maximum absolute atomic E-state index is 5.90. The molecule has 1 spiro atoms. The van der Waals surface area contributed by atoms with Crippen LogP contribution in [0.2, 0.25) is 0 Å². The van der Waals surface area contributed by atoms with Crippen molar-refractivity contribution in [3.05, 3.63) is 12.2 Å². The van der Waals surface area contributed by atoms with Gasteiger partial charge in [0, 0.05) is 6.42 Å². The van der Waals surface area contributed by atoms with Gasteiger partial charge in [-0.3, -0.25) is 0 Å². The van der Waals surface area contributed by atoms with Crippen LogP contribution in [-0.4, -0.2) is 24.8 Å². The standard InChI is InChI=1S/C11H15NO/c1-2-10-4-3-5-11(13-10)6-8-12-9-7-11/h1,3,5,10,12H,4,6-9H2. The van der Waals surface area contributed by atoms with Crippen LogP contribution in [0.1, 0.15) is 19.3 Å². The molecule has 2 aliphatic rings. The van der Waals surface area contributed by atoms with Crippen molar-refractivity contribution in [2.75, 3.05) is 13.1 Å². The van der Waals surface area contributed by atoms with Crippen molar-refractivity contribution in [1.29, 1.82) is 0 Å². The van der Waals surface area contributed by atoms with Gasteiger partial charge < -0.3 is 10.1 Å². The third-order valence-electron chi connectivity index (χ3n) is 2.78. The monoisotopic (exact) mass is 177 g/mol. The van der Waals surface area contributed by atoms with Gasteiger partial charge >= 0.3 is 0 Å². The summed E-state index contributed by atoms with van der Waals surface area (Å²) in [5.41, 5.74) is -0.0550. The quantitative estimate of drug-likeness (QED) is 0.442. The molecule has 0 aromatic heterocycles. The molecule has 1 saturated heterocycles. The molecule has 0 radical (unpaired) electrons. The van der Waals surface area contributed by atoms with Gasteiger partial charge in [-0.1, -0.05) is 18.1 Å². The molecule has 0 aliphatic carbocycles. The maximum Gasteiger partial charge on any atom is 0.122 e. The summed E-state index contributed by atoms with van der Waals surface area (Å²) in [6.07, 6.45) is 12.7. The number of nitrogens with one attached hydrogen (secondary N) is 1. The van der Waals surface area contributed by atoms with Crippen molar-refractivity contribution in [3.63, 3.8) is 0 Å². The molecule has 2 heterocycles. The molecule has 0 saturated carbocycles. The molecule has 2 rings (SSSR count). The minimum absolute atomic E-state index is 0.0110. The van der Waals surface area contributed by atoms with Crippen LogP contribution in [-0.2, 0) is 4.74 Å². The molecular formula is C11H15NO. The number of hydrogen-bond donors (Lipinski definition) is 1. The zero-order valence-electron chi connectivity index (χ0n) is 7.75. The van der Waals surface area contributed by atoms with Crippen LogP contribution >= 0.6 is 0 Å². The van der Waals surface area contributed by atoms with E-state index in [2.05, 4.69) is 23.4 Å². The molecule has 0 aromatic rings. The largest absolute Gasteiger partial charge is 0.355 e. The lowest BCUT2D eigenvalue weighted by Gasteiger charge is -2.39. The molecule has 70 valence electrons. The summed E-state index contributed by atoms with van der Waals surface area (Å²) in [5.74, 6) is 2.68. The van der Waals surface area contributed by atoms with Crippen molar-refractivity contribution in [1.82, 2.24) is 5.32 Å². The Labute approximate surface area is 79.4 Å². The summed E-state index contributed by atoms with van der Waals surface area (Å²) < 4.78 is 5.90. The lowest BCUT2D eigenvalue weighted by molar-refractivity contribution is -0.0624. The average molecular weight is 177 g/mol. The Morgan fingerprint density at radius 1 is 1.46 bits per heavy atom. The minimum atomic E-state index is -0.0550. The molecule has 0 aromatic carbocycles. The third-order valence-corrected chi connectivity index (χ3v) is 2.78. The van der Waals surface area contributed by atoms with E-state index >= 15 is 0 Å². The first kappa shape index (κ1) is 8.80.